The Hall–Kier alpha value is -1.49. The topological polar surface area (TPSA) is 86.0 Å². The van der Waals surface area contributed by atoms with Crippen LogP contribution in [0.2, 0.25) is 0 Å². The van der Waals surface area contributed by atoms with Crippen LogP contribution in [0, 0.1) is 0 Å². The first-order valence-electron chi connectivity index (χ1n) is 4.70. The van der Waals surface area contributed by atoms with Crippen LogP contribution in [0.1, 0.15) is 13.8 Å². The van der Waals surface area contributed by atoms with Crippen molar-refractivity contribution in [1.82, 2.24) is 13.9 Å². The molecule has 7 nitrogen and oxygen atoms in total. The lowest BCUT2D eigenvalue weighted by molar-refractivity contribution is -0.114. The average molecular weight is 244 g/mol. The maximum absolute atomic E-state index is 11.8. The minimum atomic E-state index is -0.647. The number of hydrogen-bond donors (Lipinski definition) is 1. The molecule has 0 aliphatic carbocycles. The van der Waals surface area contributed by atoms with E-state index in [1.807, 2.05) is 0 Å². The monoisotopic (exact) mass is 244 g/mol. The molecule has 1 amide bonds. The number of anilines is 1. The van der Waals surface area contributed by atoms with Gasteiger partial charge in [-0.15, -0.1) is 0 Å². The molecule has 8 heteroatoms. The summed E-state index contributed by atoms with van der Waals surface area (Å²) < 4.78 is 2.29. The number of nitrogens with one attached hydrogen (secondary N) is 1. The van der Waals surface area contributed by atoms with Crippen molar-refractivity contribution in [2.24, 2.45) is 0 Å². The predicted molar refractivity (Wildman–Crippen MR) is 62.4 cm³/mol. The molecule has 0 bridgehead atoms. The van der Waals surface area contributed by atoms with E-state index in [-0.39, 0.29) is 27.1 Å². The molecule has 16 heavy (non-hydrogen) atoms. The summed E-state index contributed by atoms with van der Waals surface area (Å²) in [6, 6.07) is 0. The number of rotatable bonds is 3. The van der Waals surface area contributed by atoms with Gasteiger partial charge in [0.25, 0.3) is 0 Å². The molecule has 0 aromatic carbocycles. The molecule has 1 aromatic rings. The van der Waals surface area contributed by atoms with E-state index >= 15 is 0 Å². The summed E-state index contributed by atoms with van der Waals surface area (Å²) in [7, 11) is 0.0902. The highest BCUT2D eigenvalue weighted by Gasteiger charge is 2.11. The second-order valence-electron chi connectivity index (χ2n) is 2.99. The zero-order valence-electron chi connectivity index (χ0n) is 9.27. The Morgan fingerprint density at radius 1 is 1.50 bits per heavy atom. The number of aromatic nitrogens is 3. The Labute approximate surface area is 93.3 Å². The van der Waals surface area contributed by atoms with Gasteiger partial charge >= 0.3 is 11.4 Å². The highest BCUT2D eigenvalue weighted by atomic mass is 31.1. The molecule has 0 aliphatic rings. The van der Waals surface area contributed by atoms with Crippen LogP contribution >= 0.6 is 8.73 Å². The van der Waals surface area contributed by atoms with Crippen LogP contribution in [0.5, 0.6) is 0 Å². The molecule has 1 unspecified atom stereocenters. The van der Waals surface area contributed by atoms with E-state index in [1.165, 1.54) is 11.3 Å². The van der Waals surface area contributed by atoms with Gasteiger partial charge in [-0.3, -0.25) is 10.1 Å². The third-order valence-electron chi connectivity index (χ3n) is 1.89. The lowest BCUT2D eigenvalue weighted by Gasteiger charge is -2.10. The molecule has 88 valence electrons. The van der Waals surface area contributed by atoms with Gasteiger partial charge in [-0.1, -0.05) is 0 Å². The minimum absolute atomic E-state index is 0.00744. The van der Waals surface area contributed by atoms with E-state index in [9.17, 15) is 14.4 Å². The first-order valence-corrected chi connectivity index (χ1v) is 6.15. The van der Waals surface area contributed by atoms with Gasteiger partial charge in [-0.2, -0.15) is 4.98 Å². The zero-order valence-corrected chi connectivity index (χ0v) is 10.3. The lowest BCUT2D eigenvalue weighted by Crippen LogP contribution is -2.40. The summed E-state index contributed by atoms with van der Waals surface area (Å²) >= 11 is 0. The molecule has 0 fully saturated rings. The fourth-order valence-electron chi connectivity index (χ4n) is 1.21. The summed E-state index contributed by atoms with van der Waals surface area (Å²) in [5, 5.41) is 2.36. The van der Waals surface area contributed by atoms with Gasteiger partial charge in [0.05, 0.1) is 0 Å². The number of hydrogen-bond acceptors (Lipinski definition) is 4. The number of amides is 1. The van der Waals surface area contributed by atoms with E-state index in [4.69, 9.17) is 0 Å². The van der Waals surface area contributed by atoms with Crippen LogP contribution in [0.15, 0.2) is 9.59 Å². The Morgan fingerprint density at radius 3 is 2.56 bits per heavy atom. The first kappa shape index (κ1) is 12.6. The minimum Gasteiger partial charge on any atom is -0.296 e. The van der Waals surface area contributed by atoms with Gasteiger partial charge in [0.1, 0.15) is 0 Å². The van der Waals surface area contributed by atoms with Crippen molar-refractivity contribution in [2.75, 3.05) is 12.0 Å². The van der Waals surface area contributed by atoms with E-state index in [2.05, 4.69) is 10.3 Å². The summed E-state index contributed by atoms with van der Waals surface area (Å²) in [4.78, 5) is 37.8. The molecular formula is C8H13N4O3P. The molecule has 0 saturated heterocycles. The summed E-state index contributed by atoms with van der Waals surface area (Å²) in [6.45, 7) is 5.00. The maximum atomic E-state index is 11.8. The van der Waals surface area contributed by atoms with Crippen molar-refractivity contribution in [3.63, 3.8) is 0 Å². The Morgan fingerprint density at radius 2 is 2.12 bits per heavy atom. The van der Waals surface area contributed by atoms with Crippen LogP contribution in [0.4, 0.5) is 5.95 Å². The van der Waals surface area contributed by atoms with Gasteiger partial charge in [0.15, 0.2) is 0 Å². The molecular weight excluding hydrogens is 231 g/mol. The zero-order chi connectivity index (χ0) is 12.3. The quantitative estimate of drug-likeness (QED) is 0.723. The van der Waals surface area contributed by atoms with Crippen LogP contribution in [0.3, 0.4) is 0 Å². The number of nitrogens with zero attached hydrogens (tertiary/aromatic N) is 3. The Bertz CT molecular complexity index is 519. The van der Waals surface area contributed by atoms with Crippen LogP contribution < -0.4 is 16.7 Å². The molecule has 1 heterocycles. The second-order valence-corrected chi connectivity index (χ2v) is 3.88. The van der Waals surface area contributed by atoms with Crippen molar-refractivity contribution >= 4 is 20.6 Å². The molecule has 0 saturated carbocycles. The van der Waals surface area contributed by atoms with Gasteiger partial charge < -0.3 is 0 Å². The molecule has 1 aromatic heterocycles. The summed E-state index contributed by atoms with van der Waals surface area (Å²) in [5.74, 6) is -0.361. The third kappa shape index (κ3) is 2.36. The van der Waals surface area contributed by atoms with Crippen molar-refractivity contribution in [1.29, 1.82) is 0 Å². The van der Waals surface area contributed by atoms with Gasteiger partial charge in [-0.25, -0.2) is 18.5 Å². The summed E-state index contributed by atoms with van der Waals surface area (Å²) in [5.41, 5.74) is -1.10. The van der Waals surface area contributed by atoms with E-state index in [0.29, 0.717) is 0 Å². The third-order valence-corrected chi connectivity index (χ3v) is 2.74. The van der Waals surface area contributed by atoms with Gasteiger partial charge in [0.2, 0.25) is 11.9 Å². The van der Waals surface area contributed by atoms with E-state index < -0.39 is 11.4 Å². The van der Waals surface area contributed by atoms with Crippen LogP contribution in [0.25, 0.3) is 0 Å². The molecule has 0 spiro atoms. The fraction of sp³-hybridized carbons (Fsp3) is 0.500. The van der Waals surface area contributed by atoms with Crippen molar-refractivity contribution < 1.29 is 4.79 Å². The van der Waals surface area contributed by atoms with Gasteiger partial charge in [0, 0.05) is 13.5 Å². The Balaban J connectivity index is 3.47. The van der Waals surface area contributed by atoms with E-state index in [1.54, 1.807) is 13.6 Å². The molecule has 1 rings (SSSR count). The fourth-order valence-corrected chi connectivity index (χ4v) is 1.84. The molecule has 0 aliphatic heterocycles. The van der Waals surface area contributed by atoms with Crippen LogP contribution in [-0.4, -0.2) is 26.5 Å². The smallest absolute Gasteiger partial charge is 0.296 e. The maximum Gasteiger partial charge on any atom is 0.354 e. The highest BCUT2D eigenvalue weighted by molar-refractivity contribution is 7.35. The van der Waals surface area contributed by atoms with Gasteiger partial charge in [-0.05, 0) is 22.3 Å². The largest absolute Gasteiger partial charge is 0.354 e. The van der Waals surface area contributed by atoms with Crippen molar-refractivity contribution in [3.05, 3.63) is 21.0 Å². The normalized spacial score (nSPS) is 10.9. The highest BCUT2D eigenvalue weighted by Crippen LogP contribution is 2.10. The molecule has 1 atom stereocenters. The van der Waals surface area contributed by atoms with Crippen molar-refractivity contribution in [3.8, 4) is 0 Å². The first-order chi connectivity index (χ1) is 7.51. The average Bonchev–Trinajstić information content (AvgIpc) is 2.17. The van der Waals surface area contributed by atoms with E-state index in [0.717, 1.165) is 4.57 Å². The summed E-state index contributed by atoms with van der Waals surface area (Å²) in [6.07, 6.45) is 0. The van der Waals surface area contributed by atoms with Crippen molar-refractivity contribution in [2.45, 2.75) is 20.4 Å². The number of carbonyl (C=O) groups is 1. The predicted octanol–water partition coefficient (Wildman–Crippen LogP) is -0.545. The standard InChI is InChI=1S/C8H13N4O3P/c1-4-11-7(14)10-6(9-5(2)13)12(16-3)8(11)15/h16H,4H2,1-3H3,(H,9,10,13,14). The molecule has 0 radical (unpaired) electrons. The second kappa shape index (κ2) is 5.03. The Kier molecular flexibility index (Phi) is 3.95. The van der Waals surface area contributed by atoms with Crippen LogP contribution in [-0.2, 0) is 11.3 Å². The lowest BCUT2D eigenvalue weighted by atomic mass is 10.7. The SMILES string of the molecule is CCn1c(=O)nc(NC(C)=O)n(PC)c1=O. The number of carbonyl (C=O) groups excluding carboxylic acids is 1. The molecule has 1 N–H and O–H groups in total.